The van der Waals surface area contributed by atoms with Gasteiger partial charge in [-0.15, -0.1) is 0 Å². The Morgan fingerprint density at radius 3 is 2.29 bits per heavy atom. The predicted molar refractivity (Wildman–Crippen MR) is 85.4 cm³/mol. The summed E-state index contributed by atoms with van der Waals surface area (Å²) in [5.74, 6) is -2.01. The van der Waals surface area contributed by atoms with Crippen LogP contribution in [0, 0.1) is 11.6 Å². The zero-order chi connectivity index (χ0) is 17.5. The van der Waals surface area contributed by atoms with Crippen LogP contribution in [0.2, 0.25) is 0 Å². The molecule has 124 valence electrons. The summed E-state index contributed by atoms with van der Waals surface area (Å²) in [7, 11) is 0. The SMILES string of the molecule is C=C(NNC(=O)CNC(=O)c1cccc(F)c1)c1ccc(F)cc1. The Balaban J connectivity index is 1.78. The molecular weight excluding hydrogens is 316 g/mol. The average molecular weight is 331 g/mol. The highest BCUT2D eigenvalue weighted by molar-refractivity contribution is 5.96. The zero-order valence-electron chi connectivity index (χ0n) is 12.6. The zero-order valence-corrected chi connectivity index (χ0v) is 12.6. The molecule has 0 aliphatic heterocycles. The van der Waals surface area contributed by atoms with Gasteiger partial charge in [0.2, 0.25) is 0 Å². The average Bonchev–Trinajstić information content (AvgIpc) is 2.58. The van der Waals surface area contributed by atoms with Crippen molar-refractivity contribution in [3.63, 3.8) is 0 Å². The van der Waals surface area contributed by atoms with Gasteiger partial charge in [-0.2, -0.15) is 0 Å². The summed E-state index contributed by atoms with van der Waals surface area (Å²) in [6, 6.07) is 10.7. The lowest BCUT2D eigenvalue weighted by molar-refractivity contribution is -0.120. The number of carbonyl (C=O) groups excluding carboxylic acids is 2. The van der Waals surface area contributed by atoms with Crippen molar-refractivity contribution < 1.29 is 18.4 Å². The minimum Gasteiger partial charge on any atom is -0.343 e. The first-order valence-corrected chi connectivity index (χ1v) is 6.99. The summed E-state index contributed by atoms with van der Waals surface area (Å²) in [4.78, 5) is 23.4. The molecule has 0 atom stereocenters. The quantitative estimate of drug-likeness (QED) is 0.709. The molecule has 24 heavy (non-hydrogen) atoms. The van der Waals surface area contributed by atoms with Gasteiger partial charge in [0, 0.05) is 5.56 Å². The monoisotopic (exact) mass is 331 g/mol. The molecule has 0 unspecified atom stereocenters. The van der Waals surface area contributed by atoms with Gasteiger partial charge in [0.05, 0.1) is 12.2 Å². The van der Waals surface area contributed by atoms with E-state index in [4.69, 9.17) is 0 Å². The van der Waals surface area contributed by atoms with Crippen molar-refractivity contribution in [1.29, 1.82) is 0 Å². The summed E-state index contributed by atoms with van der Waals surface area (Å²) < 4.78 is 25.8. The number of amides is 2. The number of carbonyl (C=O) groups is 2. The third-order valence-corrected chi connectivity index (χ3v) is 3.04. The van der Waals surface area contributed by atoms with Crippen LogP contribution in [0.4, 0.5) is 8.78 Å². The number of rotatable bonds is 6. The van der Waals surface area contributed by atoms with E-state index in [1.807, 2.05) is 0 Å². The lowest BCUT2D eigenvalue weighted by Gasteiger charge is -2.11. The molecule has 0 radical (unpaired) electrons. The molecule has 0 aromatic heterocycles. The minimum absolute atomic E-state index is 0.117. The third kappa shape index (κ3) is 4.91. The summed E-state index contributed by atoms with van der Waals surface area (Å²) >= 11 is 0. The van der Waals surface area contributed by atoms with E-state index in [9.17, 15) is 18.4 Å². The molecule has 2 aromatic carbocycles. The second kappa shape index (κ2) is 7.87. The molecule has 2 aromatic rings. The number of halogens is 2. The van der Waals surface area contributed by atoms with E-state index >= 15 is 0 Å². The van der Waals surface area contributed by atoms with Crippen LogP contribution in [0.5, 0.6) is 0 Å². The van der Waals surface area contributed by atoms with Crippen molar-refractivity contribution >= 4 is 17.5 Å². The maximum Gasteiger partial charge on any atom is 0.257 e. The molecule has 0 aliphatic carbocycles. The standard InChI is InChI=1S/C17H15F2N3O2/c1-11(12-5-7-14(18)8-6-12)21-22-16(23)10-20-17(24)13-3-2-4-15(19)9-13/h2-9,21H,1,10H2,(H,20,24)(H,22,23). The lowest BCUT2D eigenvalue weighted by Crippen LogP contribution is -2.42. The fraction of sp³-hybridized carbons (Fsp3) is 0.0588. The molecule has 0 bridgehead atoms. The molecule has 0 spiro atoms. The molecule has 5 nitrogen and oxygen atoms in total. The van der Waals surface area contributed by atoms with Crippen LogP contribution < -0.4 is 16.2 Å². The summed E-state index contributed by atoms with van der Waals surface area (Å²) in [6.07, 6.45) is 0. The Morgan fingerprint density at radius 2 is 1.62 bits per heavy atom. The number of hydrogen-bond acceptors (Lipinski definition) is 3. The first kappa shape index (κ1) is 17.1. The van der Waals surface area contributed by atoms with Crippen molar-refractivity contribution in [3.8, 4) is 0 Å². The van der Waals surface area contributed by atoms with E-state index in [-0.39, 0.29) is 17.9 Å². The molecular formula is C17H15F2N3O2. The first-order valence-electron chi connectivity index (χ1n) is 6.99. The van der Waals surface area contributed by atoms with Gasteiger partial charge in [0.15, 0.2) is 0 Å². The number of hydrazine groups is 1. The molecule has 0 aliphatic rings. The van der Waals surface area contributed by atoms with E-state index in [0.717, 1.165) is 6.07 Å². The van der Waals surface area contributed by atoms with Gasteiger partial charge in [-0.1, -0.05) is 12.6 Å². The summed E-state index contributed by atoms with van der Waals surface area (Å²) in [5.41, 5.74) is 5.98. The minimum atomic E-state index is -0.568. The fourth-order valence-corrected chi connectivity index (χ4v) is 1.80. The van der Waals surface area contributed by atoms with E-state index in [0.29, 0.717) is 11.3 Å². The second-order valence-electron chi connectivity index (χ2n) is 4.85. The van der Waals surface area contributed by atoms with E-state index in [1.54, 1.807) is 0 Å². The number of benzene rings is 2. The van der Waals surface area contributed by atoms with E-state index in [2.05, 4.69) is 22.7 Å². The van der Waals surface area contributed by atoms with Crippen molar-refractivity contribution in [2.24, 2.45) is 0 Å². The van der Waals surface area contributed by atoms with Crippen LogP contribution in [-0.2, 0) is 4.79 Å². The number of nitrogens with one attached hydrogen (secondary N) is 3. The summed E-state index contributed by atoms with van der Waals surface area (Å²) in [5, 5.41) is 2.36. The van der Waals surface area contributed by atoms with Gasteiger partial charge < -0.3 is 5.32 Å². The van der Waals surface area contributed by atoms with Crippen molar-refractivity contribution in [3.05, 3.63) is 77.9 Å². The Bertz CT molecular complexity index is 761. The smallest absolute Gasteiger partial charge is 0.257 e. The van der Waals surface area contributed by atoms with Crippen molar-refractivity contribution in [2.75, 3.05) is 6.54 Å². The van der Waals surface area contributed by atoms with Crippen LogP contribution in [0.15, 0.2) is 55.1 Å². The largest absolute Gasteiger partial charge is 0.343 e. The Morgan fingerprint density at radius 1 is 0.917 bits per heavy atom. The molecule has 0 fully saturated rings. The van der Waals surface area contributed by atoms with Gasteiger partial charge in [-0.3, -0.25) is 20.4 Å². The highest BCUT2D eigenvalue weighted by Crippen LogP contribution is 2.09. The van der Waals surface area contributed by atoms with Gasteiger partial charge >= 0.3 is 0 Å². The van der Waals surface area contributed by atoms with Gasteiger partial charge in [-0.05, 0) is 48.0 Å². The van der Waals surface area contributed by atoms with Crippen LogP contribution >= 0.6 is 0 Å². The Kier molecular flexibility index (Phi) is 5.62. The highest BCUT2D eigenvalue weighted by Gasteiger charge is 2.09. The van der Waals surface area contributed by atoms with Crippen LogP contribution in [0.25, 0.3) is 5.70 Å². The van der Waals surface area contributed by atoms with Crippen molar-refractivity contribution in [1.82, 2.24) is 16.2 Å². The van der Waals surface area contributed by atoms with Crippen molar-refractivity contribution in [2.45, 2.75) is 0 Å². The topological polar surface area (TPSA) is 70.2 Å². The lowest BCUT2D eigenvalue weighted by atomic mass is 10.2. The molecule has 2 rings (SSSR count). The van der Waals surface area contributed by atoms with Crippen LogP contribution in [0.3, 0.4) is 0 Å². The summed E-state index contributed by atoms with van der Waals surface area (Å²) in [6.45, 7) is 3.40. The van der Waals surface area contributed by atoms with Crippen LogP contribution in [-0.4, -0.2) is 18.4 Å². The molecule has 0 heterocycles. The molecule has 2 amide bonds. The fourth-order valence-electron chi connectivity index (χ4n) is 1.80. The normalized spacial score (nSPS) is 9.92. The van der Waals surface area contributed by atoms with Gasteiger partial charge in [-0.25, -0.2) is 8.78 Å². The first-order chi connectivity index (χ1) is 11.5. The van der Waals surface area contributed by atoms with Gasteiger partial charge in [0.1, 0.15) is 11.6 Å². The molecule has 0 saturated heterocycles. The van der Waals surface area contributed by atoms with Gasteiger partial charge in [0.25, 0.3) is 11.8 Å². The third-order valence-electron chi connectivity index (χ3n) is 3.04. The Labute approximate surface area is 137 Å². The molecule has 7 heteroatoms. The maximum absolute atomic E-state index is 13.0. The predicted octanol–water partition coefficient (Wildman–Crippen LogP) is 1.99. The van der Waals surface area contributed by atoms with E-state index in [1.165, 1.54) is 42.5 Å². The number of hydrogen-bond donors (Lipinski definition) is 3. The van der Waals surface area contributed by atoms with Crippen LogP contribution in [0.1, 0.15) is 15.9 Å². The Hall–Kier alpha value is -3.22. The van der Waals surface area contributed by atoms with E-state index < -0.39 is 17.6 Å². The second-order valence-corrected chi connectivity index (χ2v) is 4.85. The highest BCUT2D eigenvalue weighted by atomic mass is 19.1. The molecule has 0 saturated carbocycles. The molecule has 3 N–H and O–H groups in total. The maximum atomic E-state index is 13.0.